The van der Waals surface area contributed by atoms with Crippen molar-refractivity contribution in [3.63, 3.8) is 0 Å². The number of nitrogens with two attached hydrogens (primary N) is 1. The van der Waals surface area contributed by atoms with Gasteiger partial charge in [-0.2, -0.15) is 0 Å². The van der Waals surface area contributed by atoms with Crippen LogP contribution in [0.25, 0.3) is 0 Å². The summed E-state index contributed by atoms with van der Waals surface area (Å²) in [6, 6.07) is 0. The van der Waals surface area contributed by atoms with Gasteiger partial charge in [0.2, 0.25) is 0 Å². The molecule has 17 heavy (non-hydrogen) atoms. The molecular formula is C13H25N3S. The van der Waals surface area contributed by atoms with Gasteiger partial charge in [0.05, 0.1) is 5.69 Å². The van der Waals surface area contributed by atoms with Crippen molar-refractivity contribution < 1.29 is 0 Å². The van der Waals surface area contributed by atoms with Gasteiger partial charge in [-0.25, -0.2) is 4.98 Å². The van der Waals surface area contributed by atoms with Crippen molar-refractivity contribution in [2.45, 2.75) is 47.1 Å². The van der Waals surface area contributed by atoms with Crippen LogP contribution in [0.15, 0.2) is 0 Å². The van der Waals surface area contributed by atoms with Crippen LogP contribution in [-0.4, -0.2) is 18.1 Å². The third-order valence-electron chi connectivity index (χ3n) is 2.69. The number of hydrogen-bond donors (Lipinski definition) is 1. The van der Waals surface area contributed by atoms with Crippen LogP contribution >= 0.6 is 11.3 Å². The predicted molar refractivity (Wildman–Crippen MR) is 76.8 cm³/mol. The Kier molecular flexibility index (Phi) is 5.40. The predicted octanol–water partition coefficient (Wildman–Crippen LogP) is 3.21. The highest BCUT2D eigenvalue weighted by Crippen LogP contribution is 2.30. The lowest BCUT2D eigenvalue weighted by Gasteiger charge is -2.21. The maximum Gasteiger partial charge on any atom is 0.185 e. The first-order chi connectivity index (χ1) is 7.99. The molecule has 0 aliphatic heterocycles. The minimum absolute atomic E-state index is 0.455. The van der Waals surface area contributed by atoms with Gasteiger partial charge in [-0.15, -0.1) is 11.3 Å². The van der Waals surface area contributed by atoms with Gasteiger partial charge >= 0.3 is 0 Å². The molecule has 0 aliphatic rings. The Morgan fingerprint density at radius 3 is 2.29 bits per heavy atom. The minimum Gasteiger partial charge on any atom is -0.348 e. The van der Waals surface area contributed by atoms with Crippen molar-refractivity contribution in [3.8, 4) is 0 Å². The lowest BCUT2D eigenvalue weighted by molar-refractivity contribution is 0.616. The number of thiazole rings is 1. The van der Waals surface area contributed by atoms with Gasteiger partial charge in [0, 0.05) is 24.5 Å². The van der Waals surface area contributed by atoms with Crippen molar-refractivity contribution in [2.75, 3.05) is 18.0 Å². The summed E-state index contributed by atoms with van der Waals surface area (Å²) >= 11 is 1.75. The quantitative estimate of drug-likeness (QED) is 0.848. The summed E-state index contributed by atoms with van der Waals surface area (Å²) in [5, 5.41) is 1.13. The summed E-state index contributed by atoms with van der Waals surface area (Å²) in [6.07, 6.45) is 0. The molecule has 0 saturated carbocycles. The lowest BCUT2D eigenvalue weighted by Crippen LogP contribution is -2.27. The monoisotopic (exact) mass is 255 g/mol. The minimum atomic E-state index is 0.455. The standard InChI is InChI=1S/C13H25N3S/c1-6-16(8-9(2)3)13-15-12(10(4)5)11(7-14)17-13/h9-10H,6-8,14H2,1-5H3. The molecule has 0 fully saturated rings. The molecule has 98 valence electrons. The molecule has 0 aromatic carbocycles. The lowest BCUT2D eigenvalue weighted by atomic mass is 10.1. The van der Waals surface area contributed by atoms with Crippen LogP contribution in [0.5, 0.6) is 0 Å². The highest BCUT2D eigenvalue weighted by atomic mass is 32.1. The van der Waals surface area contributed by atoms with Crippen LogP contribution in [0, 0.1) is 5.92 Å². The smallest absolute Gasteiger partial charge is 0.185 e. The van der Waals surface area contributed by atoms with E-state index in [9.17, 15) is 0 Å². The zero-order valence-corrected chi connectivity index (χ0v) is 12.5. The van der Waals surface area contributed by atoms with E-state index in [-0.39, 0.29) is 0 Å². The van der Waals surface area contributed by atoms with Gasteiger partial charge in [-0.3, -0.25) is 0 Å². The molecule has 0 amide bonds. The average Bonchev–Trinajstić information content (AvgIpc) is 2.69. The highest BCUT2D eigenvalue weighted by molar-refractivity contribution is 7.15. The van der Waals surface area contributed by atoms with Crippen molar-refractivity contribution in [1.29, 1.82) is 0 Å². The fourth-order valence-electron chi connectivity index (χ4n) is 1.87. The molecule has 1 heterocycles. The van der Waals surface area contributed by atoms with Crippen LogP contribution < -0.4 is 10.6 Å². The van der Waals surface area contributed by atoms with Gasteiger partial charge in [0.1, 0.15) is 0 Å². The summed E-state index contributed by atoms with van der Waals surface area (Å²) in [5.41, 5.74) is 6.97. The Hall–Kier alpha value is -0.610. The third-order valence-corrected chi connectivity index (χ3v) is 3.84. The zero-order valence-electron chi connectivity index (χ0n) is 11.7. The highest BCUT2D eigenvalue weighted by Gasteiger charge is 2.17. The molecule has 1 aromatic rings. The number of rotatable bonds is 6. The molecule has 2 N–H and O–H groups in total. The molecule has 4 heteroatoms. The maximum atomic E-state index is 5.80. The van der Waals surface area contributed by atoms with E-state index in [1.54, 1.807) is 11.3 Å². The molecule has 0 radical (unpaired) electrons. The number of aromatic nitrogens is 1. The fourth-order valence-corrected chi connectivity index (χ4v) is 3.03. The van der Waals surface area contributed by atoms with Crippen molar-refractivity contribution in [3.05, 3.63) is 10.6 Å². The second kappa shape index (κ2) is 6.36. The van der Waals surface area contributed by atoms with Crippen LogP contribution in [0.4, 0.5) is 5.13 Å². The van der Waals surface area contributed by atoms with Gasteiger partial charge in [0.15, 0.2) is 5.13 Å². The average molecular weight is 255 g/mol. The van der Waals surface area contributed by atoms with Crippen molar-refractivity contribution >= 4 is 16.5 Å². The van der Waals surface area contributed by atoms with Crippen LogP contribution in [0.2, 0.25) is 0 Å². The van der Waals surface area contributed by atoms with Gasteiger partial charge in [-0.05, 0) is 18.8 Å². The summed E-state index contributed by atoms with van der Waals surface area (Å²) in [4.78, 5) is 8.35. The summed E-state index contributed by atoms with van der Waals surface area (Å²) < 4.78 is 0. The van der Waals surface area contributed by atoms with Gasteiger partial charge in [0.25, 0.3) is 0 Å². The molecule has 1 rings (SSSR count). The molecule has 0 unspecified atom stereocenters. The molecule has 3 nitrogen and oxygen atoms in total. The topological polar surface area (TPSA) is 42.2 Å². The maximum absolute atomic E-state index is 5.80. The number of nitrogens with zero attached hydrogens (tertiary/aromatic N) is 2. The number of hydrogen-bond acceptors (Lipinski definition) is 4. The molecule has 0 spiro atoms. The van der Waals surface area contributed by atoms with Gasteiger partial charge in [-0.1, -0.05) is 27.7 Å². The van der Waals surface area contributed by atoms with Gasteiger partial charge < -0.3 is 10.6 Å². The van der Waals surface area contributed by atoms with E-state index in [0.717, 1.165) is 18.2 Å². The fraction of sp³-hybridized carbons (Fsp3) is 0.769. The first kappa shape index (κ1) is 14.5. The van der Waals surface area contributed by atoms with Crippen molar-refractivity contribution in [2.24, 2.45) is 11.7 Å². The normalized spacial score (nSPS) is 11.5. The SMILES string of the molecule is CCN(CC(C)C)c1nc(C(C)C)c(CN)s1. The van der Waals surface area contributed by atoms with Crippen LogP contribution in [-0.2, 0) is 6.54 Å². The van der Waals surface area contributed by atoms with Crippen LogP contribution in [0.3, 0.4) is 0 Å². The van der Waals surface area contributed by atoms with Crippen LogP contribution in [0.1, 0.15) is 51.1 Å². The Morgan fingerprint density at radius 1 is 1.29 bits per heavy atom. The first-order valence-electron chi connectivity index (χ1n) is 6.44. The molecular weight excluding hydrogens is 230 g/mol. The first-order valence-corrected chi connectivity index (χ1v) is 7.25. The van der Waals surface area contributed by atoms with E-state index in [2.05, 4.69) is 39.5 Å². The van der Waals surface area contributed by atoms with E-state index in [4.69, 9.17) is 10.7 Å². The molecule has 1 aromatic heterocycles. The molecule has 0 aliphatic carbocycles. The largest absolute Gasteiger partial charge is 0.348 e. The summed E-state index contributed by atoms with van der Waals surface area (Å²) in [7, 11) is 0. The Bertz CT molecular complexity index is 344. The van der Waals surface area contributed by atoms with E-state index in [1.807, 2.05) is 0 Å². The molecule has 0 bridgehead atoms. The molecule has 0 atom stereocenters. The Balaban J connectivity index is 2.96. The molecule has 0 saturated heterocycles. The van der Waals surface area contributed by atoms with Crippen molar-refractivity contribution in [1.82, 2.24) is 4.98 Å². The second-order valence-electron chi connectivity index (χ2n) is 5.10. The Labute approximate surface area is 109 Å². The number of anilines is 1. The zero-order chi connectivity index (χ0) is 13.0. The Morgan fingerprint density at radius 2 is 1.94 bits per heavy atom. The van der Waals surface area contributed by atoms with E-state index >= 15 is 0 Å². The van der Waals surface area contributed by atoms with E-state index in [1.165, 1.54) is 10.6 Å². The summed E-state index contributed by atoms with van der Waals surface area (Å²) in [6.45, 7) is 13.7. The van der Waals surface area contributed by atoms with E-state index in [0.29, 0.717) is 18.4 Å². The summed E-state index contributed by atoms with van der Waals surface area (Å²) in [5.74, 6) is 1.11. The van der Waals surface area contributed by atoms with E-state index < -0.39 is 0 Å². The second-order valence-corrected chi connectivity index (χ2v) is 6.16. The third kappa shape index (κ3) is 3.68.